The van der Waals surface area contributed by atoms with E-state index < -0.39 is 28.8 Å². The molecule has 0 aromatic heterocycles. The van der Waals surface area contributed by atoms with E-state index in [1.165, 1.54) is 0 Å². The highest BCUT2D eigenvalue weighted by molar-refractivity contribution is 6.05. The molecule has 7 nitrogen and oxygen atoms in total. The van der Waals surface area contributed by atoms with E-state index in [0.717, 1.165) is 19.3 Å². The average molecular weight is 460 g/mol. The Bertz CT molecular complexity index is 912. The van der Waals surface area contributed by atoms with Crippen LogP contribution in [0.15, 0.2) is 24.3 Å². The molecule has 182 valence electrons. The van der Waals surface area contributed by atoms with Crippen molar-refractivity contribution in [3.8, 4) is 0 Å². The van der Waals surface area contributed by atoms with E-state index in [-0.39, 0.29) is 47.9 Å². The predicted octanol–water partition coefficient (Wildman–Crippen LogP) is 2.12. The first-order valence-corrected chi connectivity index (χ1v) is 12.4. The number of aliphatic hydroxyl groups is 2. The van der Waals surface area contributed by atoms with Crippen LogP contribution >= 0.6 is 0 Å². The van der Waals surface area contributed by atoms with Crippen molar-refractivity contribution in [2.24, 2.45) is 34.0 Å². The number of carbonyl (C=O) groups excluding carboxylic acids is 2. The molecule has 2 heterocycles. The molecular weight excluding hydrogens is 422 g/mol. The monoisotopic (exact) mass is 459 g/mol. The highest BCUT2D eigenvalue weighted by Crippen LogP contribution is 2.76. The SMILES string of the molecule is C=C1C(=O)[C@]23[C@H](O)[C@H]1CC[C@H]2[C@]12C=CCC(C)(C)[C@H]1[C@H](O)[C@@]3(OCCC(=O)NCCC)OC2. The zero-order valence-corrected chi connectivity index (χ0v) is 19.9. The fraction of sp³-hybridized carbons (Fsp3) is 0.769. The molecule has 2 saturated heterocycles. The van der Waals surface area contributed by atoms with Gasteiger partial charge in [0.25, 0.3) is 0 Å². The molecule has 1 amide bonds. The Hall–Kier alpha value is -1.54. The third kappa shape index (κ3) is 2.65. The number of aliphatic hydroxyl groups excluding tert-OH is 2. The van der Waals surface area contributed by atoms with Gasteiger partial charge in [-0.15, -0.1) is 0 Å². The highest BCUT2D eigenvalue weighted by atomic mass is 16.7. The molecule has 3 saturated carbocycles. The predicted molar refractivity (Wildman–Crippen MR) is 121 cm³/mol. The van der Waals surface area contributed by atoms with Gasteiger partial charge in [-0.2, -0.15) is 0 Å². The number of allylic oxidation sites excluding steroid dienone is 1. The summed E-state index contributed by atoms with van der Waals surface area (Å²) >= 11 is 0. The Kier molecular flexibility index (Phi) is 5.26. The van der Waals surface area contributed by atoms with Crippen molar-refractivity contribution < 1.29 is 29.3 Å². The lowest BCUT2D eigenvalue weighted by molar-refractivity contribution is -0.447. The van der Waals surface area contributed by atoms with Crippen molar-refractivity contribution in [3.63, 3.8) is 0 Å². The van der Waals surface area contributed by atoms with E-state index >= 15 is 0 Å². The number of fused-ring (bicyclic) bond motifs is 2. The van der Waals surface area contributed by atoms with Crippen LogP contribution in [-0.2, 0) is 19.1 Å². The minimum absolute atomic E-state index is 0.00575. The lowest BCUT2D eigenvalue weighted by atomic mass is 9.37. The van der Waals surface area contributed by atoms with E-state index in [1.807, 2.05) is 6.92 Å². The minimum atomic E-state index is -1.70. The molecule has 0 aromatic rings. The number of carbonyl (C=O) groups is 2. The van der Waals surface area contributed by atoms with Gasteiger partial charge in [0.15, 0.2) is 5.78 Å². The molecule has 4 aliphatic carbocycles. The molecule has 0 aromatic carbocycles. The van der Waals surface area contributed by atoms with E-state index in [1.54, 1.807) is 0 Å². The topological polar surface area (TPSA) is 105 Å². The number of hydrogen-bond donors (Lipinski definition) is 3. The van der Waals surface area contributed by atoms with Gasteiger partial charge in [0.05, 0.1) is 25.7 Å². The third-order valence-corrected chi connectivity index (χ3v) is 9.46. The molecule has 4 bridgehead atoms. The lowest BCUT2D eigenvalue weighted by Crippen LogP contribution is -2.83. The fourth-order valence-electron chi connectivity index (χ4n) is 8.28. The van der Waals surface area contributed by atoms with Gasteiger partial charge >= 0.3 is 0 Å². The quantitative estimate of drug-likeness (QED) is 0.415. The molecule has 8 atom stereocenters. The number of nitrogens with one attached hydrogen (secondary N) is 1. The summed E-state index contributed by atoms with van der Waals surface area (Å²) in [6.45, 7) is 11.2. The van der Waals surface area contributed by atoms with Gasteiger partial charge in [0.1, 0.15) is 11.5 Å². The van der Waals surface area contributed by atoms with Crippen LogP contribution in [0.4, 0.5) is 0 Å². The zero-order chi connectivity index (χ0) is 23.8. The number of amides is 1. The Balaban J connectivity index is 1.60. The van der Waals surface area contributed by atoms with Crippen LogP contribution < -0.4 is 5.32 Å². The van der Waals surface area contributed by atoms with Crippen LogP contribution in [0.5, 0.6) is 0 Å². The molecule has 33 heavy (non-hydrogen) atoms. The Morgan fingerprint density at radius 1 is 1.30 bits per heavy atom. The number of hydrogen-bond acceptors (Lipinski definition) is 6. The summed E-state index contributed by atoms with van der Waals surface area (Å²) in [5.41, 5.74) is -1.81. The van der Waals surface area contributed by atoms with Crippen LogP contribution in [0.3, 0.4) is 0 Å². The summed E-state index contributed by atoms with van der Waals surface area (Å²) in [5.74, 6) is -2.87. The van der Waals surface area contributed by atoms with E-state index in [9.17, 15) is 19.8 Å². The normalized spacial score (nSPS) is 46.8. The maximum absolute atomic E-state index is 13.9. The molecule has 7 heteroatoms. The summed E-state index contributed by atoms with van der Waals surface area (Å²) in [5, 5.41) is 26.4. The van der Waals surface area contributed by atoms with E-state index in [4.69, 9.17) is 9.47 Å². The minimum Gasteiger partial charge on any atom is -0.391 e. The van der Waals surface area contributed by atoms with Crippen molar-refractivity contribution >= 4 is 11.7 Å². The van der Waals surface area contributed by atoms with Gasteiger partial charge in [-0.25, -0.2) is 0 Å². The molecule has 3 N–H and O–H groups in total. The van der Waals surface area contributed by atoms with E-state index in [0.29, 0.717) is 25.1 Å². The van der Waals surface area contributed by atoms with E-state index in [2.05, 4.69) is 37.9 Å². The van der Waals surface area contributed by atoms with Crippen molar-refractivity contribution in [1.82, 2.24) is 5.32 Å². The number of ether oxygens (including phenoxy) is 2. The second kappa shape index (κ2) is 7.48. The maximum Gasteiger partial charge on any atom is 0.222 e. The third-order valence-electron chi connectivity index (χ3n) is 9.46. The molecule has 6 aliphatic rings. The highest BCUT2D eigenvalue weighted by Gasteiger charge is 2.86. The van der Waals surface area contributed by atoms with Gasteiger partial charge < -0.3 is 25.0 Å². The molecule has 2 spiro atoms. The summed E-state index contributed by atoms with van der Waals surface area (Å²) in [6.07, 6.45) is 5.28. The van der Waals surface area contributed by atoms with Crippen LogP contribution in [0.25, 0.3) is 0 Å². The first-order valence-electron chi connectivity index (χ1n) is 12.4. The largest absolute Gasteiger partial charge is 0.391 e. The number of Topliss-reactive ketones (excluding diaryl/α,β-unsaturated/α-hetero) is 1. The van der Waals surface area contributed by atoms with Gasteiger partial charge in [0.2, 0.25) is 11.7 Å². The van der Waals surface area contributed by atoms with Gasteiger partial charge in [-0.1, -0.05) is 39.5 Å². The summed E-state index contributed by atoms with van der Waals surface area (Å²) in [7, 11) is 0. The summed E-state index contributed by atoms with van der Waals surface area (Å²) < 4.78 is 12.8. The van der Waals surface area contributed by atoms with Gasteiger partial charge in [-0.3, -0.25) is 9.59 Å². The standard InChI is InChI=1S/C26H37NO6/c1-5-12-27-18(28)9-13-32-26-22(31)19-23(3,4)10-6-11-24(19,14-33-26)17-8-7-16-15(2)20(29)25(17,26)21(16)30/h6,11,16-17,19,21-22,30-31H,2,5,7-10,12-14H2,1,3-4H3,(H,27,28)/t16-,17-,19+,21+,22-,24+,25-,26+/m0/s1. The molecule has 0 radical (unpaired) electrons. The summed E-state index contributed by atoms with van der Waals surface area (Å²) in [6, 6.07) is 0. The molecule has 5 fully saturated rings. The second-order valence-corrected chi connectivity index (χ2v) is 11.4. The Morgan fingerprint density at radius 2 is 2.06 bits per heavy atom. The van der Waals surface area contributed by atoms with Crippen molar-refractivity contribution in [3.05, 3.63) is 24.3 Å². The van der Waals surface area contributed by atoms with Crippen LogP contribution in [0, 0.1) is 34.0 Å². The molecule has 0 unspecified atom stereocenters. The van der Waals surface area contributed by atoms with Crippen molar-refractivity contribution in [1.29, 1.82) is 0 Å². The fourth-order valence-corrected chi connectivity index (χ4v) is 8.28. The number of rotatable bonds is 6. The van der Waals surface area contributed by atoms with Crippen LogP contribution in [0.1, 0.15) is 52.9 Å². The average Bonchev–Trinajstić information content (AvgIpc) is 2.87. The first-order chi connectivity index (χ1) is 15.6. The smallest absolute Gasteiger partial charge is 0.222 e. The maximum atomic E-state index is 13.9. The molecular formula is C26H37NO6. The molecule has 6 rings (SSSR count). The lowest BCUT2D eigenvalue weighted by Gasteiger charge is -2.73. The van der Waals surface area contributed by atoms with Gasteiger partial charge in [0, 0.05) is 23.8 Å². The molecule has 2 aliphatic heterocycles. The van der Waals surface area contributed by atoms with Crippen molar-refractivity contribution in [2.75, 3.05) is 19.8 Å². The Morgan fingerprint density at radius 3 is 2.79 bits per heavy atom. The van der Waals surface area contributed by atoms with Crippen LogP contribution in [-0.4, -0.2) is 59.7 Å². The summed E-state index contributed by atoms with van der Waals surface area (Å²) in [4.78, 5) is 26.2. The van der Waals surface area contributed by atoms with Crippen LogP contribution in [0.2, 0.25) is 0 Å². The Labute approximate surface area is 195 Å². The number of ketones is 1. The van der Waals surface area contributed by atoms with Gasteiger partial charge in [-0.05, 0) is 42.6 Å². The first kappa shape index (κ1) is 23.2. The van der Waals surface area contributed by atoms with Crippen molar-refractivity contribution in [2.45, 2.75) is 70.9 Å². The second-order valence-electron chi connectivity index (χ2n) is 11.4. The zero-order valence-electron chi connectivity index (χ0n) is 19.9.